The minimum absolute atomic E-state index is 0.120. The summed E-state index contributed by atoms with van der Waals surface area (Å²) < 4.78 is 5.42. The van der Waals surface area contributed by atoms with Crippen LogP contribution in [0, 0.1) is 5.92 Å². The van der Waals surface area contributed by atoms with Crippen LogP contribution in [0.5, 0.6) is 0 Å². The number of hydrogen-bond acceptors (Lipinski definition) is 3. The van der Waals surface area contributed by atoms with Crippen molar-refractivity contribution in [3.05, 3.63) is 23.7 Å². The molecule has 4 nitrogen and oxygen atoms in total. The second-order valence-electron chi connectivity index (χ2n) is 5.19. The van der Waals surface area contributed by atoms with E-state index in [2.05, 4.69) is 12.2 Å². The van der Waals surface area contributed by atoms with Gasteiger partial charge < -0.3 is 15.5 Å². The molecule has 2 atom stereocenters. The van der Waals surface area contributed by atoms with E-state index in [0.29, 0.717) is 18.9 Å². The Morgan fingerprint density at radius 2 is 2.50 bits per heavy atom. The van der Waals surface area contributed by atoms with E-state index < -0.39 is 0 Å². The van der Waals surface area contributed by atoms with E-state index in [9.17, 15) is 4.79 Å². The molecule has 1 amide bonds. The molecule has 1 aliphatic carbocycles. The average Bonchev–Trinajstić information content (AvgIpc) is 2.85. The van der Waals surface area contributed by atoms with Crippen molar-refractivity contribution in [2.24, 2.45) is 11.7 Å². The Labute approximate surface area is 108 Å². The lowest BCUT2D eigenvalue weighted by Crippen LogP contribution is -2.30. The monoisotopic (exact) mass is 250 g/mol. The van der Waals surface area contributed by atoms with Gasteiger partial charge in [-0.15, -0.1) is 0 Å². The molecule has 3 N–H and O–H groups in total. The van der Waals surface area contributed by atoms with E-state index in [1.54, 1.807) is 6.26 Å². The lowest BCUT2D eigenvalue weighted by molar-refractivity contribution is -0.122. The standard InChI is InChI=1S/C14H22N2O2/c1-10(9-15)5-6-14(17)16-12-3-2-4-13-11(12)7-8-18-13/h7-8,10,12H,2-6,9,15H2,1H3,(H,16,17). The summed E-state index contributed by atoms with van der Waals surface area (Å²) >= 11 is 0. The SMILES string of the molecule is CC(CN)CCC(=O)NC1CCCc2occc21. The first-order chi connectivity index (χ1) is 8.70. The fraction of sp³-hybridized carbons (Fsp3) is 0.643. The highest BCUT2D eigenvalue weighted by Crippen LogP contribution is 2.30. The van der Waals surface area contributed by atoms with Gasteiger partial charge in [-0.3, -0.25) is 4.79 Å². The molecule has 1 heterocycles. The van der Waals surface area contributed by atoms with Gasteiger partial charge in [-0.05, 0) is 37.8 Å². The normalized spacial score (nSPS) is 20.2. The van der Waals surface area contributed by atoms with Crippen LogP contribution in [0.3, 0.4) is 0 Å². The van der Waals surface area contributed by atoms with Crippen molar-refractivity contribution in [3.63, 3.8) is 0 Å². The summed E-state index contributed by atoms with van der Waals surface area (Å²) in [6.07, 6.45) is 6.19. The van der Waals surface area contributed by atoms with Gasteiger partial charge in [0.25, 0.3) is 0 Å². The predicted molar refractivity (Wildman–Crippen MR) is 70.0 cm³/mol. The summed E-state index contributed by atoms with van der Waals surface area (Å²) in [5, 5.41) is 3.10. The van der Waals surface area contributed by atoms with Crippen LogP contribution in [0.1, 0.15) is 50.0 Å². The molecule has 0 spiro atoms. The molecule has 0 saturated carbocycles. The lowest BCUT2D eigenvalue weighted by Gasteiger charge is -2.23. The summed E-state index contributed by atoms with van der Waals surface area (Å²) in [6, 6.07) is 2.11. The molecular weight excluding hydrogens is 228 g/mol. The van der Waals surface area contributed by atoms with Gasteiger partial charge >= 0.3 is 0 Å². The van der Waals surface area contributed by atoms with Crippen LogP contribution in [-0.2, 0) is 11.2 Å². The Morgan fingerprint density at radius 1 is 1.67 bits per heavy atom. The van der Waals surface area contributed by atoms with Gasteiger partial charge in [0.05, 0.1) is 12.3 Å². The molecular formula is C14H22N2O2. The fourth-order valence-corrected chi connectivity index (χ4v) is 2.40. The lowest BCUT2D eigenvalue weighted by atomic mass is 9.93. The Bertz CT molecular complexity index is 400. The summed E-state index contributed by atoms with van der Waals surface area (Å²) in [7, 11) is 0. The Morgan fingerprint density at radius 3 is 3.28 bits per heavy atom. The molecule has 2 unspecified atom stereocenters. The highest BCUT2D eigenvalue weighted by molar-refractivity contribution is 5.76. The van der Waals surface area contributed by atoms with E-state index in [1.807, 2.05) is 6.07 Å². The number of aryl methyl sites for hydroxylation is 1. The predicted octanol–water partition coefficient (Wildman–Crippen LogP) is 2.15. The highest BCUT2D eigenvalue weighted by atomic mass is 16.3. The number of amides is 1. The van der Waals surface area contributed by atoms with Gasteiger partial charge in [-0.25, -0.2) is 0 Å². The van der Waals surface area contributed by atoms with Crippen molar-refractivity contribution in [1.82, 2.24) is 5.32 Å². The summed E-state index contributed by atoms with van der Waals surface area (Å²) in [4.78, 5) is 11.9. The second kappa shape index (κ2) is 6.05. The first-order valence-corrected chi connectivity index (χ1v) is 6.76. The molecule has 100 valence electrons. The van der Waals surface area contributed by atoms with Crippen LogP contribution < -0.4 is 11.1 Å². The maximum absolute atomic E-state index is 11.9. The molecule has 0 aromatic carbocycles. The van der Waals surface area contributed by atoms with Crippen molar-refractivity contribution in [2.75, 3.05) is 6.54 Å². The first-order valence-electron chi connectivity index (χ1n) is 6.76. The first kappa shape index (κ1) is 13.1. The molecule has 1 aromatic heterocycles. The van der Waals surface area contributed by atoms with Crippen LogP contribution in [0.4, 0.5) is 0 Å². The zero-order chi connectivity index (χ0) is 13.0. The van der Waals surface area contributed by atoms with Gasteiger partial charge in [-0.1, -0.05) is 6.92 Å². The maximum Gasteiger partial charge on any atom is 0.220 e. The number of carbonyl (C=O) groups is 1. The minimum atomic E-state index is 0.120. The third-order valence-electron chi connectivity index (χ3n) is 3.65. The van der Waals surface area contributed by atoms with Gasteiger partial charge in [0, 0.05) is 18.4 Å². The number of hydrogen-bond donors (Lipinski definition) is 2. The zero-order valence-electron chi connectivity index (χ0n) is 10.9. The number of furan rings is 1. The second-order valence-corrected chi connectivity index (χ2v) is 5.19. The largest absolute Gasteiger partial charge is 0.469 e. The Balaban J connectivity index is 1.86. The number of nitrogens with one attached hydrogen (secondary N) is 1. The highest BCUT2D eigenvalue weighted by Gasteiger charge is 2.23. The van der Waals surface area contributed by atoms with E-state index in [4.69, 9.17) is 10.2 Å². The zero-order valence-corrected chi connectivity index (χ0v) is 10.9. The van der Waals surface area contributed by atoms with Gasteiger partial charge in [0.1, 0.15) is 5.76 Å². The third kappa shape index (κ3) is 3.13. The molecule has 0 saturated heterocycles. The fourth-order valence-electron chi connectivity index (χ4n) is 2.40. The molecule has 0 radical (unpaired) electrons. The molecule has 18 heavy (non-hydrogen) atoms. The molecule has 0 bridgehead atoms. The van der Waals surface area contributed by atoms with Crippen LogP contribution in [-0.4, -0.2) is 12.5 Å². The quantitative estimate of drug-likeness (QED) is 0.841. The van der Waals surface area contributed by atoms with Gasteiger partial charge in [0.2, 0.25) is 5.91 Å². The molecule has 1 aliphatic rings. The van der Waals surface area contributed by atoms with E-state index in [1.165, 1.54) is 0 Å². The smallest absolute Gasteiger partial charge is 0.220 e. The van der Waals surface area contributed by atoms with Gasteiger partial charge in [0.15, 0.2) is 0 Å². The van der Waals surface area contributed by atoms with Crippen LogP contribution in [0.15, 0.2) is 16.7 Å². The molecule has 1 aromatic rings. The molecule has 0 aliphatic heterocycles. The van der Waals surface area contributed by atoms with Crippen LogP contribution in [0.25, 0.3) is 0 Å². The van der Waals surface area contributed by atoms with Crippen molar-refractivity contribution in [1.29, 1.82) is 0 Å². The van der Waals surface area contributed by atoms with Crippen molar-refractivity contribution >= 4 is 5.91 Å². The summed E-state index contributed by atoms with van der Waals surface area (Å²) in [6.45, 7) is 2.71. The van der Waals surface area contributed by atoms with E-state index in [0.717, 1.165) is 37.0 Å². The van der Waals surface area contributed by atoms with E-state index in [-0.39, 0.29) is 11.9 Å². The number of rotatable bonds is 5. The number of carbonyl (C=O) groups excluding carboxylic acids is 1. The third-order valence-corrected chi connectivity index (χ3v) is 3.65. The van der Waals surface area contributed by atoms with Crippen molar-refractivity contribution < 1.29 is 9.21 Å². The molecule has 0 fully saturated rings. The van der Waals surface area contributed by atoms with Crippen LogP contribution >= 0.6 is 0 Å². The van der Waals surface area contributed by atoms with Crippen molar-refractivity contribution in [3.8, 4) is 0 Å². The molecule has 2 rings (SSSR count). The average molecular weight is 250 g/mol. The topological polar surface area (TPSA) is 68.3 Å². The Hall–Kier alpha value is -1.29. The maximum atomic E-state index is 11.9. The van der Waals surface area contributed by atoms with Gasteiger partial charge in [-0.2, -0.15) is 0 Å². The Kier molecular flexibility index (Phi) is 4.42. The number of nitrogens with two attached hydrogens (primary N) is 1. The molecule has 4 heteroatoms. The van der Waals surface area contributed by atoms with Crippen LogP contribution in [0.2, 0.25) is 0 Å². The summed E-state index contributed by atoms with van der Waals surface area (Å²) in [5.74, 6) is 1.56. The van der Waals surface area contributed by atoms with E-state index >= 15 is 0 Å². The summed E-state index contributed by atoms with van der Waals surface area (Å²) in [5.41, 5.74) is 6.70. The van der Waals surface area contributed by atoms with Crippen molar-refractivity contribution in [2.45, 2.75) is 45.1 Å². The number of fused-ring (bicyclic) bond motifs is 1. The minimum Gasteiger partial charge on any atom is -0.469 e.